The molecule has 5 nitrogen and oxygen atoms in total. The summed E-state index contributed by atoms with van der Waals surface area (Å²) in [7, 11) is 0. The number of nitrogens with one attached hydrogen (secondary N) is 1. The quantitative estimate of drug-likeness (QED) is 0.760. The van der Waals surface area contributed by atoms with Gasteiger partial charge in [-0.05, 0) is 37.1 Å². The number of hydrogen-bond donors (Lipinski definition) is 2. The fraction of sp³-hybridized carbons (Fsp3) is 0.385. The van der Waals surface area contributed by atoms with Crippen LogP contribution in [-0.2, 0) is 9.59 Å². The highest BCUT2D eigenvalue weighted by atomic mass is 35.5. The molecule has 2 rings (SSSR count). The Hall–Kier alpha value is -1.59. The van der Waals surface area contributed by atoms with Crippen LogP contribution in [0.25, 0.3) is 0 Å². The molecule has 19 heavy (non-hydrogen) atoms. The molecule has 1 atom stereocenters. The van der Waals surface area contributed by atoms with E-state index in [0.29, 0.717) is 23.7 Å². The van der Waals surface area contributed by atoms with Crippen LogP contribution in [0.15, 0.2) is 18.2 Å². The van der Waals surface area contributed by atoms with Crippen molar-refractivity contribution in [3.63, 3.8) is 0 Å². The monoisotopic (exact) mass is 282 g/mol. The van der Waals surface area contributed by atoms with E-state index < -0.39 is 17.9 Å². The van der Waals surface area contributed by atoms with Gasteiger partial charge in [0, 0.05) is 23.8 Å². The van der Waals surface area contributed by atoms with Gasteiger partial charge in [0.1, 0.15) is 0 Å². The van der Waals surface area contributed by atoms with Gasteiger partial charge in [0.05, 0.1) is 6.10 Å². The number of benzene rings is 1. The molecule has 1 aliphatic rings. The zero-order valence-electron chi connectivity index (χ0n) is 10.5. The molecule has 6 heteroatoms. The Morgan fingerprint density at radius 2 is 2.21 bits per heavy atom. The van der Waals surface area contributed by atoms with Gasteiger partial charge in [-0.2, -0.15) is 0 Å². The summed E-state index contributed by atoms with van der Waals surface area (Å²) in [4.78, 5) is 25.0. The number of aryl methyl sites for hydroxylation is 1. The van der Waals surface area contributed by atoms with E-state index >= 15 is 0 Å². The van der Waals surface area contributed by atoms with E-state index in [1.165, 1.54) is 4.90 Å². The fourth-order valence-electron chi connectivity index (χ4n) is 2.01. The van der Waals surface area contributed by atoms with Crippen molar-refractivity contribution in [3.8, 4) is 0 Å². The third-order valence-corrected chi connectivity index (χ3v) is 3.32. The highest BCUT2D eigenvalue weighted by Gasteiger charge is 2.29. The lowest BCUT2D eigenvalue weighted by atomic mass is 10.2. The zero-order valence-corrected chi connectivity index (χ0v) is 11.3. The lowest BCUT2D eigenvalue weighted by Gasteiger charge is -2.15. The molecule has 1 heterocycles. The van der Waals surface area contributed by atoms with E-state index in [1.54, 1.807) is 25.1 Å². The Balaban J connectivity index is 2.02. The van der Waals surface area contributed by atoms with Crippen molar-refractivity contribution in [1.29, 1.82) is 0 Å². The van der Waals surface area contributed by atoms with Crippen molar-refractivity contribution in [3.05, 3.63) is 28.8 Å². The SMILES string of the molecule is Cc1cc(Cl)ccc1NC(=O)C(=O)N1CC[C@H](O)C1. The summed E-state index contributed by atoms with van der Waals surface area (Å²) in [6.07, 6.45) is -0.0204. The topological polar surface area (TPSA) is 69.6 Å². The molecule has 2 N–H and O–H groups in total. The normalized spacial score (nSPS) is 18.5. The Morgan fingerprint density at radius 3 is 2.79 bits per heavy atom. The van der Waals surface area contributed by atoms with E-state index in [2.05, 4.69) is 5.32 Å². The van der Waals surface area contributed by atoms with Crippen LogP contribution in [0.3, 0.4) is 0 Å². The van der Waals surface area contributed by atoms with E-state index in [1.807, 2.05) is 0 Å². The second kappa shape index (κ2) is 5.59. The number of hydrogen-bond acceptors (Lipinski definition) is 3. The highest BCUT2D eigenvalue weighted by Crippen LogP contribution is 2.19. The number of carbonyl (C=O) groups excluding carboxylic acids is 2. The van der Waals surface area contributed by atoms with Gasteiger partial charge in [0.15, 0.2) is 0 Å². The first kappa shape index (κ1) is 13.8. The van der Waals surface area contributed by atoms with E-state index in [-0.39, 0.29) is 6.54 Å². The summed E-state index contributed by atoms with van der Waals surface area (Å²) in [5.41, 5.74) is 1.35. The number of likely N-dealkylation sites (tertiary alicyclic amines) is 1. The van der Waals surface area contributed by atoms with Crippen molar-refractivity contribution in [1.82, 2.24) is 4.90 Å². The molecule has 0 bridgehead atoms. The van der Waals surface area contributed by atoms with E-state index in [0.717, 1.165) is 5.56 Å². The standard InChI is InChI=1S/C13H15ClN2O3/c1-8-6-9(14)2-3-11(8)15-12(18)13(19)16-5-4-10(17)7-16/h2-3,6,10,17H,4-5,7H2,1H3,(H,15,18)/t10-/m0/s1. The predicted octanol–water partition coefficient (Wildman–Crippen LogP) is 1.18. The van der Waals surface area contributed by atoms with Crippen LogP contribution in [-0.4, -0.2) is 41.0 Å². The number of carbonyl (C=O) groups is 2. The van der Waals surface area contributed by atoms with Gasteiger partial charge in [0.25, 0.3) is 0 Å². The second-order valence-corrected chi connectivity index (χ2v) is 5.04. The van der Waals surface area contributed by atoms with Crippen molar-refractivity contribution in [2.24, 2.45) is 0 Å². The summed E-state index contributed by atoms with van der Waals surface area (Å²) in [5, 5.41) is 12.5. The van der Waals surface area contributed by atoms with Gasteiger partial charge < -0.3 is 15.3 Å². The molecular formula is C13H15ClN2O3. The molecule has 1 saturated heterocycles. The van der Waals surface area contributed by atoms with Crippen LogP contribution in [0.1, 0.15) is 12.0 Å². The molecule has 1 aliphatic heterocycles. The summed E-state index contributed by atoms with van der Waals surface area (Å²) in [6, 6.07) is 5.01. The summed E-state index contributed by atoms with van der Waals surface area (Å²) >= 11 is 5.82. The average molecular weight is 283 g/mol. The number of rotatable bonds is 1. The first-order valence-electron chi connectivity index (χ1n) is 6.02. The van der Waals surface area contributed by atoms with Gasteiger partial charge in [-0.3, -0.25) is 9.59 Å². The maximum absolute atomic E-state index is 11.9. The van der Waals surface area contributed by atoms with E-state index in [9.17, 15) is 14.7 Å². The van der Waals surface area contributed by atoms with Gasteiger partial charge >= 0.3 is 11.8 Å². The van der Waals surface area contributed by atoms with Crippen molar-refractivity contribution in [2.75, 3.05) is 18.4 Å². The Kier molecular flexibility index (Phi) is 4.07. The van der Waals surface area contributed by atoms with Gasteiger partial charge in [-0.25, -0.2) is 0 Å². The van der Waals surface area contributed by atoms with Crippen LogP contribution in [0.5, 0.6) is 0 Å². The number of amides is 2. The molecule has 1 aromatic rings. The highest BCUT2D eigenvalue weighted by molar-refractivity contribution is 6.39. The second-order valence-electron chi connectivity index (χ2n) is 4.61. The molecule has 0 saturated carbocycles. The lowest BCUT2D eigenvalue weighted by molar-refractivity contribution is -0.142. The number of nitrogens with zero attached hydrogens (tertiary/aromatic N) is 1. The number of aliphatic hydroxyl groups is 1. The third kappa shape index (κ3) is 3.24. The Labute approximate surface area is 116 Å². The molecule has 0 aromatic heterocycles. The van der Waals surface area contributed by atoms with Crippen LogP contribution in [0.2, 0.25) is 5.02 Å². The maximum atomic E-state index is 11.9. The minimum atomic E-state index is -0.695. The summed E-state index contributed by atoms with van der Waals surface area (Å²) < 4.78 is 0. The largest absolute Gasteiger partial charge is 0.391 e. The molecular weight excluding hydrogens is 268 g/mol. The van der Waals surface area contributed by atoms with Crippen LogP contribution in [0, 0.1) is 6.92 Å². The van der Waals surface area contributed by atoms with Crippen LogP contribution < -0.4 is 5.32 Å². The minimum Gasteiger partial charge on any atom is -0.391 e. The zero-order chi connectivity index (χ0) is 14.0. The molecule has 0 spiro atoms. The van der Waals surface area contributed by atoms with Crippen LogP contribution in [0.4, 0.5) is 5.69 Å². The Bertz CT molecular complexity index is 519. The van der Waals surface area contributed by atoms with Crippen molar-refractivity contribution >= 4 is 29.1 Å². The Morgan fingerprint density at radius 1 is 1.47 bits per heavy atom. The van der Waals surface area contributed by atoms with E-state index in [4.69, 9.17) is 11.6 Å². The predicted molar refractivity (Wildman–Crippen MR) is 72.0 cm³/mol. The minimum absolute atomic E-state index is 0.214. The summed E-state index contributed by atoms with van der Waals surface area (Å²) in [5.74, 6) is -1.31. The van der Waals surface area contributed by atoms with Crippen molar-refractivity contribution in [2.45, 2.75) is 19.4 Å². The van der Waals surface area contributed by atoms with Gasteiger partial charge in [-0.15, -0.1) is 0 Å². The van der Waals surface area contributed by atoms with Crippen LogP contribution >= 0.6 is 11.6 Å². The molecule has 0 aliphatic carbocycles. The molecule has 102 valence electrons. The van der Waals surface area contributed by atoms with Gasteiger partial charge in [0.2, 0.25) is 0 Å². The average Bonchev–Trinajstić information content (AvgIpc) is 2.78. The smallest absolute Gasteiger partial charge is 0.313 e. The molecule has 1 fully saturated rings. The molecule has 1 aromatic carbocycles. The first-order chi connectivity index (χ1) is 8.97. The first-order valence-corrected chi connectivity index (χ1v) is 6.39. The number of aliphatic hydroxyl groups excluding tert-OH is 1. The number of anilines is 1. The molecule has 2 amide bonds. The molecule has 0 radical (unpaired) electrons. The summed E-state index contributed by atoms with van der Waals surface area (Å²) in [6.45, 7) is 2.42. The van der Waals surface area contributed by atoms with Gasteiger partial charge in [-0.1, -0.05) is 11.6 Å². The lowest BCUT2D eigenvalue weighted by Crippen LogP contribution is -2.38. The maximum Gasteiger partial charge on any atom is 0.313 e. The molecule has 0 unspecified atom stereocenters. The number of halogens is 1. The third-order valence-electron chi connectivity index (χ3n) is 3.08. The van der Waals surface area contributed by atoms with Crippen molar-refractivity contribution < 1.29 is 14.7 Å². The fourth-order valence-corrected chi connectivity index (χ4v) is 2.24. The number of β-amino-alcohol motifs (C(OH)–C–C–N with tert-alkyl or cyclic N) is 1.